The first kappa shape index (κ1) is 14.9. The van der Waals surface area contributed by atoms with E-state index in [1.165, 1.54) is 16.7 Å². The van der Waals surface area contributed by atoms with Gasteiger partial charge in [-0.1, -0.05) is 36.8 Å². The van der Waals surface area contributed by atoms with Crippen LogP contribution in [0.2, 0.25) is 0 Å². The molecule has 0 aromatic heterocycles. The van der Waals surface area contributed by atoms with Crippen LogP contribution < -0.4 is 5.32 Å². The molecule has 0 aliphatic rings. The molecule has 1 aromatic carbocycles. The van der Waals surface area contributed by atoms with E-state index in [1.54, 1.807) is 0 Å². The molecule has 0 saturated heterocycles. The molecule has 1 rings (SSSR count). The summed E-state index contributed by atoms with van der Waals surface area (Å²) in [5, 5.41) is 3.20. The number of hydrogen-bond donors (Lipinski definition) is 1. The molecule has 2 heteroatoms. The molecule has 1 N–H and O–H groups in total. The second-order valence-corrected chi connectivity index (χ2v) is 4.96. The van der Waals surface area contributed by atoms with E-state index >= 15 is 0 Å². The summed E-state index contributed by atoms with van der Waals surface area (Å²) < 4.78 is 5.61. The predicted molar refractivity (Wildman–Crippen MR) is 77.9 cm³/mol. The zero-order valence-corrected chi connectivity index (χ0v) is 11.8. The van der Waals surface area contributed by atoms with E-state index < -0.39 is 0 Å². The fraction of sp³-hybridized carbons (Fsp3) is 0.500. The van der Waals surface area contributed by atoms with Crippen LogP contribution in [0.5, 0.6) is 0 Å². The molecule has 0 spiro atoms. The van der Waals surface area contributed by atoms with Gasteiger partial charge in [-0.25, -0.2) is 0 Å². The Hall–Kier alpha value is -1.12. The van der Waals surface area contributed by atoms with E-state index in [1.807, 2.05) is 14.0 Å². The summed E-state index contributed by atoms with van der Waals surface area (Å²) in [6.45, 7) is 10.6. The van der Waals surface area contributed by atoms with E-state index in [4.69, 9.17) is 4.74 Å². The number of rotatable bonds is 8. The summed E-state index contributed by atoms with van der Waals surface area (Å²) in [5.41, 5.74) is 3.78. The first-order valence-corrected chi connectivity index (χ1v) is 6.59. The molecule has 1 unspecified atom stereocenters. The second kappa shape index (κ2) is 8.06. The molecule has 1 aromatic rings. The van der Waals surface area contributed by atoms with Gasteiger partial charge < -0.3 is 10.1 Å². The standard InChI is InChI=1S/C16H25NO/c1-13(2)9-10-18-12-15-5-7-16(8-6-15)14(3)11-17-4/h5-8,14,17H,1,9-12H2,2-4H3. The Morgan fingerprint density at radius 3 is 2.56 bits per heavy atom. The summed E-state index contributed by atoms with van der Waals surface area (Å²) in [6, 6.07) is 8.70. The summed E-state index contributed by atoms with van der Waals surface area (Å²) in [4.78, 5) is 0. The minimum Gasteiger partial charge on any atom is -0.376 e. The van der Waals surface area contributed by atoms with Crippen molar-refractivity contribution in [1.29, 1.82) is 0 Å². The van der Waals surface area contributed by atoms with Crippen molar-refractivity contribution < 1.29 is 4.74 Å². The average Bonchev–Trinajstić information content (AvgIpc) is 2.35. The van der Waals surface area contributed by atoms with Gasteiger partial charge >= 0.3 is 0 Å². The quantitative estimate of drug-likeness (QED) is 0.561. The zero-order chi connectivity index (χ0) is 13.4. The van der Waals surface area contributed by atoms with E-state index in [0.717, 1.165) is 19.6 Å². The Kier molecular flexibility index (Phi) is 6.69. The number of likely N-dealkylation sites (N-methyl/N-ethyl adjacent to an activating group) is 1. The molecule has 0 aliphatic heterocycles. The van der Waals surface area contributed by atoms with Crippen molar-refractivity contribution in [2.24, 2.45) is 0 Å². The number of nitrogens with one attached hydrogen (secondary N) is 1. The smallest absolute Gasteiger partial charge is 0.0717 e. The van der Waals surface area contributed by atoms with Crippen molar-refractivity contribution in [3.63, 3.8) is 0 Å². The Morgan fingerprint density at radius 1 is 1.33 bits per heavy atom. The third kappa shape index (κ3) is 5.48. The molecule has 18 heavy (non-hydrogen) atoms. The molecule has 1 atom stereocenters. The summed E-state index contributed by atoms with van der Waals surface area (Å²) in [5.74, 6) is 0.549. The van der Waals surface area contributed by atoms with E-state index in [9.17, 15) is 0 Å². The van der Waals surface area contributed by atoms with Crippen molar-refractivity contribution in [2.45, 2.75) is 32.8 Å². The summed E-state index contributed by atoms with van der Waals surface area (Å²) in [7, 11) is 1.99. The Morgan fingerprint density at radius 2 is 2.00 bits per heavy atom. The highest BCUT2D eigenvalue weighted by Crippen LogP contribution is 2.15. The van der Waals surface area contributed by atoms with Crippen LogP contribution >= 0.6 is 0 Å². The normalized spacial score (nSPS) is 12.4. The van der Waals surface area contributed by atoms with Gasteiger partial charge in [0, 0.05) is 6.54 Å². The third-order valence-electron chi connectivity index (χ3n) is 3.00. The Labute approximate surface area is 111 Å². The number of hydrogen-bond acceptors (Lipinski definition) is 2. The zero-order valence-electron chi connectivity index (χ0n) is 11.8. The minimum atomic E-state index is 0.549. The van der Waals surface area contributed by atoms with Crippen LogP contribution in [0, 0.1) is 0 Å². The lowest BCUT2D eigenvalue weighted by molar-refractivity contribution is 0.124. The lowest BCUT2D eigenvalue weighted by Gasteiger charge is -2.12. The highest BCUT2D eigenvalue weighted by atomic mass is 16.5. The fourth-order valence-corrected chi connectivity index (χ4v) is 1.80. The summed E-state index contributed by atoms with van der Waals surface area (Å²) >= 11 is 0. The van der Waals surface area contributed by atoms with Gasteiger partial charge in [0.05, 0.1) is 13.2 Å². The molecule has 2 nitrogen and oxygen atoms in total. The van der Waals surface area contributed by atoms with E-state index in [2.05, 4.69) is 43.1 Å². The average molecular weight is 247 g/mol. The second-order valence-electron chi connectivity index (χ2n) is 4.96. The molecular weight excluding hydrogens is 222 g/mol. The highest BCUT2D eigenvalue weighted by Gasteiger charge is 2.03. The molecular formula is C16H25NO. The van der Waals surface area contributed by atoms with Crippen LogP contribution in [0.15, 0.2) is 36.4 Å². The van der Waals surface area contributed by atoms with Crippen molar-refractivity contribution in [3.8, 4) is 0 Å². The molecule has 0 aliphatic carbocycles. The van der Waals surface area contributed by atoms with Crippen molar-refractivity contribution in [2.75, 3.05) is 20.2 Å². The van der Waals surface area contributed by atoms with Crippen LogP contribution in [-0.4, -0.2) is 20.2 Å². The third-order valence-corrected chi connectivity index (χ3v) is 3.00. The monoisotopic (exact) mass is 247 g/mol. The predicted octanol–water partition coefficient (Wildman–Crippen LogP) is 3.49. The maximum absolute atomic E-state index is 5.61. The Balaban J connectivity index is 2.38. The van der Waals surface area contributed by atoms with Crippen LogP contribution in [0.3, 0.4) is 0 Å². The lowest BCUT2D eigenvalue weighted by atomic mass is 10.00. The van der Waals surface area contributed by atoms with Crippen LogP contribution in [0.1, 0.15) is 37.3 Å². The molecule has 0 radical (unpaired) electrons. The molecule has 0 saturated carbocycles. The van der Waals surface area contributed by atoms with Gasteiger partial charge in [0.2, 0.25) is 0 Å². The molecule has 0 amide bonds. The number of ether oxygens (including phenoxy) is 1. The highest BCUT2D eigenvalue weighted by molar-refractivity contribution is 5.24. The fourth-order valence-electron chi connectivity index (χ4n) is 1.80. The van der Waals surface area contributed by atoms with Crippen molar-refractivity contribution >= 4 is 0 Å². The van der Waals surface area contributed by atoms with Gasteiger partial charge in [0.25, 0.3) is 0 Å². The van der Waals surface area contributed by atoms with E-state index in [-0.39, 0.29) is 0 Å². The largest absolute Gasteiger partial charge is 0.376 e. The van der Waals surface area contributed by atoms with Gasteiger partial charge in [0.15, 0.2) is 0 Å². The van der Waals surface area contributed by atoms with Crippen LogP contribution in [0.25, 0.3) is 0 Å². The maximum Gasteiger partial charge on any atom is 0.0717 e. The van der Waals surface area contributed by atoms with Crippen molar-refractivity contribution in [1.82, 2.24) is 5.32 Å². The van der Waals surface area contributed by atoms with Crippen LogP contribution in [-0.2, 0) is 11.3 Å². The maximum atomic E-state index is 5.61. The van der Waals surface area contributed by atoms with Gasteiger partial charge in [-0.2, -0.15) is 0 Å². The Bertz CT molecular complexity index is 356. The van der Waals surface area contributed by atoms with Gasteiger partial charge in [-0.05, 0) is 37.4 Å². The SMILES string of the molecule is C=C(C)CCOCc1ccc(C(C)CNC)cc1. The minimum absolute atomic E-state index is 0.549. The molecule has 0 heterocycles. The topological polar surface area (TPSA) is 21.3 Å². The van der Waals surface area contributed by atoms with Gasteiger partial charge in [0.1, 0.15) is 0 Å². The summed E-state index contributed by atoms with van der Waals surface area (Å²) in [6.07, 6.45) is 0.942. The first-order valence-electron chi connectivity index (χ1n) is 6.59. The first-order chi connectivity index (χ1) is 8.63. The number of benzene rings is 1. The van der Waals surface area contributed by atoms with Gasteiger partial charge in [-0.3, -0.25) is 0 Å². The van der Waals surface area contributed by atoms with Gasteiger partial charge in [-0.15, -0.1) is 6.58 Å². The van der Waals surface area contributed by atoms with Crippen LogP contribution in [0.4, 0.5) is 0 Å². The van der Waals surface area contributed by atoms with Crippen molar-refractivity contribution in [3.05, 3.63) is 47.5 Å². The molecule has 0 bridgehead atoms. The molecule has 0 fully saturated rings. The lowest BCUT2D eigenvalue weighted by Crippen LogP contribution is -2.14. The molecule has 100 valence electrons. The van der Waals surface area contributed by atoms with E-state index in [0.29, 0.717) is 12.5 Å².